The van der Waals surface area contributed by atoms with Crippen LogP contribution in [0.3, 0.4) is 0 Å². The fourth-order valence-electron chi connectivity index (χ4n) is 3.67. The topological polar surface area (TPSA) is 43.8 Å². The average molecular weight is 290 g/mol. The van der Waals surface area contributed by atoms with E-state index < -0.39 is 0 Å². The zero-order valence-electron chi connectivity index (χ0n) is 11.8. The van der Waals surface area contributed by atoms with Gasteiger partial charge < -0.3 is 10.3 Å². The molecule has 1 heterocycles. The molecule has 0 radical (unpaired) electrons. The Balaban J connectivity index is 2.00. The Kier molecular flexibility index (Phi) is 2.67. The van der Waals surface area contributed by atoms with E-state index in [9.17, 15) is 0 Å². The Morgan fingerprint density at radius 3 is 2.80 bits per heavy atom. The van der Waals surface area contributed by atoms with E-state index in [2.05, 4.69) is 17.6 Å². The summed E-state index contributed by atoms with van der Waals surface area (Å²) in [5.74, 6) is 1.16. The SMILES string of the molecule is CC1(c2nc3cccc(Cl)c3n2C2CC2)CCCC1N. The lowest BCUT2D eigenvalue weighted by Crippen LogP contribution is -2.40. The van der Waals surface area contributed by atoms with Crippen LogP contribution in [0.5, 0.6) is 0 Å². The van der Waals surface area contributed by atoms with Crippen molar-refractivity contribution in [2.45, 2.75) is 56.5 Å². The molecule has 1 aromatic heterocycles. The molecule has 3 nitrogen and oxygen atoms in total. The van der Waals surface area contributed by atoms with Crippen molar-refractivity contribution >= 4 is 22.6 Å². The van der Waals surface area contributed by atoms with Crippen molar-refractivity contribution in [3.05, 3.63) is 29.0 Å². The van der Waals surface area contributed by atoms with Gasteiger partial charge in [0.1, 0.15) is 5.82 Å². The first kappa shape index (κ1) is 12.7. The molecule has 2 aromatic rings. The zero-order valence-corrected chi connectivity index (χ0v) is 12.5. The van der Waals surface area contributed by atoms with E-state index in [0.29, 0.717) is 6.04 Å². The molecule has 2 saturated carbocycles. The third-order valence-electron chi connectivity index (χ3n) is 5.11. The molecular weight excluding hydrogens is 270 g/mol. The number of imidazole rings is 1. The van der Waals surface area contributed by atoms with E-state index in [1.165, 1.54) is 19.3 Å². The van der Waals surface area contributed by atoms with Crippen molar-refractivity contribution in [3.63, 3.8) is 0 Å². The highest BCUT2D eigenvalue weighted by molar-refractivity contribution is 6.35. The maximum absolute atomic E-state index is 6.44. The van der Waals surface area contributed by atoms with Crippen molar-refractivity contribution < 1.29 is 0 Å². The lowest BCUT2D eigenvalue weighted by molar-refractivity contribution is 0.388. The van der Waals surface area contributed by atoms with E-state index in [4.69, 9.17) is 22.3 Å². The van der Waals surface area contributed by atoms with Crippen molar-refractivity contribution in [1.29, 1.82) is 0 Å². The number of nitrogens with two attached hydrogens (primary N) is 1. The quantitative estimate of drug-likeness (QED) is 0.914. The number of aromatic nitrogens is 2. The third-order valence-corrected chi connectivity index (χ3v) is 5.42. The minimum absolute atomic E-state index is 0.00899. The summed E-state index contributed by atoms with van der Waals surface area (Å²) in [4.78, 5) is 4.94. The number of hydrogen-bond donors (Lipinski definition) is 1. The summed E-state index contributed by atoms with van der Waals surface area (Å²) < 4.78 is 2.39. The highest BCUT2D eigenvalue weighted by atomic mass is 35.5. The van der Waals surface area contributed by atoms with Crippen molar-refractivity contribution in [3.8, 4) is 0 Å². The Labute approximate surface area is 124 Å². The van der Waals surface area contributed by atoms with Gasteiger partial charge in [-0.2, -0.15) is 0 Å². The van der Waals surface area contributed by atoms with Gasteiger partial charge in [0, 0.05) is 17.5 Å². The molecule has 0 amide bonds. The van der Waals surface area contributed by atoms with E-state index in [-0.39, 0.29) is 11.5 Å². The van der Waals surface area contributed by atoms with Crippen LogP contribution >= 0.6 is 11.6 Å². The normalized spacial score (nSPS) is 30.2. The second kappa shape index (κ2) is 4.22. The largest absolute Gasteiger partial charge is 0.327 e. The molecule has 0 bridgehead atoms. The smallest absolute Gasteiger partial charge is 0.117 e. The fourth-order valence-corrected chi connectivity index (χ4v) is 3.93. The van der Waals surface area contributed by atoms with Crippen LogP contribution < -0.4 is 5.73 Å². The molecule has 106 valence electrons. The van der Waals surface area contributed by atoms with Gasteiger partial charge in [0.05, 0.1) is 16.1 Å². The summed E-state index contributed by atoms with van der Waals surface area (Å²) in [5.41, 5.74) is 8.52. The maximum Gasteiger partial charge on any atom is 0.117 e. The summed E-state index contributed by atoms with van der Waals surface area (Å²) in [6.07, 6.45) is 5.88. The molecule has 2 N–H and O–H groups in total. The highest BCUT2D eigenvalue weighted by Crippen LogP contribution is 2.47. The van der Waals surface area contributed by atoms with Gasteiger partial charge in [-0.05, 0) is 37.8 Å². The molecule has 4 rings (SSSR count). The first-order chi connectivity index (χ1) is 9.61. The predicted octanol–water partition coefficient (Wildman–Crippen LogP) is 3.79. The lowest BCUT2D eigenvalue weighted by Gasteiger charge is -2.29. The first-order valence-electron chi connectivity index (χ1n) is 7.54. The number of fused-ring (bicyclic) bond motifs is 1. The van der Waals surface area contributed by atoms with Gasteiger partial charge in [-0.3, -0.25) is 0 Å². The maximum atomic E-state index is 6.44. The summed E-state index contributed by atoms with van der Waals surface area (Å²) >= 11 is 6.44. The van der Waals surface area contributed by atoms with Crippen LogP contribution in [0.2, 0.25) is 5.02 Å². The van der Waals surface area contributed by atoms with Crippen molar-refractivity contribution in [2.75, 3.05) is 0 Å². The van der Waals surface area contributed by atoms with E-state index in [0.717, 1.165) is 34.7 Å². The summed E-state index contributed by atoms with van der Waals surface area (Å²) in [7, 11) is 0. The predicted molar refractivity (Wildman–Crippen MR) is 82.2 cm³/mol. The molecular formula is C16H20ClN3. The number of rotatable bonds is 2. The van der Waals surface area contributed by atoms with E-state index in [1.54, 1.807) is 0 Å². The van der Waals surface area contributed by atoms with E-state index >= 15 is 0 Å². The van der Waals surface area contributed by atoms with Gasteiger partial charge in [-0.15, -0.1) is 0 Å². The lowest BCUT2D eigenvalue weighted by atomic mass is 9.84. The molecule has 0 aliphatic heterocycles. The first-order valence-corrected chi connectivity index (χ1v) is 7.91. The average Bonchev–Trinajstić information content (AvgIpc) is 3.09. The molecule has 0 saturated heterocycles. The summed E-state index contributed by atoms with van der Waals surface area (Å²) in [6, 6.07) is 6.78. The minimum atomic E-state index is -0.00899. The number of halogens is 1. The van der Waals surface area contributed by atoms with Crippen molar-refractivity contribution in [1.82, 2.24) is 9.55 Å². The monoisotopic (exact) mass is 289 g/mol. The Morgan fingerprint density at radius 1 is 1.35 bits per heavy atom. The molecule has 2 aliphatic carbocycles. The van der Waals surface area contributed by atoms with Crippen LogP contribution in [-0.2, 0) is 5.41 Å². The van der Waals surface area contributed by atoms with Gasteiger partial charge in [-0.25, -0.2) is 4.98 Å². The fraction of sp³-hybridized carbons (Fsp3) is 0.562. The molecule has 2 atom stereocenters. The Hall–Kier alpha value is -1.06. The second-order valence-corrected chi connectivity index (χ2v) is 6.97. The van der Waals surface area contributed by atoms with Crippen LogP contribution in [0.25, 0.3) is 11.0 Å². The van der Waals surface area contributed by atoms with Crippen LogP contribution in [-0.4, -0.2) is 15.6 Å². The van der Waals surface area contributed by atoms with Gasteiger partial charge >= 0.3 is 0 Å². The molecule has 2 unspecified atom stereocenters. The zero-order chi connectivity index (χ0) is 13.9. The van der Waals surface area contributed by atoms with Gasteiger partial charge in [0.2, 0.25) is 0 Å². The molecule has 4 heteroatoms. The molecule has 20 heavy (non-hydrogen) atoms. The molecule has 2 aliphatic rings. The van der Waals surface area contributed by atoms with Crippen molar-refractivity contribution in [2.24, 2.45) is 5.73 Å². The Morgan fingerprint density at radius 2 is 2.15 bits per heavy atom. The van der Waals surface area contributed by atoms with Gasteiger partial charge in [0.15, 0.2) is 0 Å². The number of hydrogen-bond acceptors (Lipinski definition) is 2. The summed E-state index contributed by atoms with van der Waals surface area (Å²) in [6.45, 7) is 2.28. The van der Waals surface area contributed by atoms with Gasteiger partial charge in [0.25, 0.3) is 0 Å². The van der Waals surface area contributed by atoms with E-state index in [1.807, 2.05) is 12.1 Å². The van der Waals surface area contributed by atoms with Crippen LogP contribution in [0.4, 0.5) is 0 Å². The second-order valence-electron chi connectivity index (χ2n) is 6.56. The molecule has 1 aromatic carbocycles. The number of nitrogens with zero attached hydrogens (tertiary/aromatic N) is 2. The minimum Gasteiger partial charge on any atom is -0.327 e. The highest BCUT2D eigenvalue weighted by Gasteiger charge is 2.44. The van der Waals surface area contributed by atoms with Gasteiger partial charge in [-0.1, -0.05) is 31.0 Å². The third kappa shape index (κ3) is 1.66. The molecule has 0 spiro atoms. The number of benzene rings is 1. The summed E-state index contributed by atoms with van der Waals surface area (Å²) in [5, 5.41) is 0.809. The Bertz CT molecular complexity index is 674. The van der Waals surface area contributed by atoms with Crippen LogP contribution in [0.15, 0.2) is 18.2 Å². The standard InChI is InChI=1S/C16H20ClN3/c1-16(9-3-6-13(16)18)15-19-12-5-2-4-11(17)14(12)20(15)10-7-8-10/h2,4-5,10,13H,3,6-9,18H2,1H3. The van der Waals surface area contributed by atoms with Crippen LogP contribution in [0.1, 0.15) is 50.9 Å². The van der Waals surface area contributed by atoms with Crippen LogP contribution in [0, 0.1) is 0 Å². The number of para-hydroxylation sites is 1. The molecule has 2 fully saturated rings.